The summed E-state index contributed by atoms with van der Waals surface area (Å²) in [5.74, 6) is 0. The van der Waals surface area contributed by atoms with Gasteiger partial charge in [-0.1, -0.05) is 161 Å². The van der Waals surface area contributed by atoms with Crippen molar-refractivity contribution in [1.82, 2.24) is 4.98 Å². The van der Waals surface area contributed by atoms with E-state index in [-0.39, 0.29) is 0 Å². The minimum Gasteiger partial charge on any atom is -0.260 e. The molecule has 1 aliphatic carbocycles. The molecule has 0 radical (unpaired) electrons. The van der Waals surface area contributed by atoms with E-state index in [1.807, 2.05) is 40.0 Å². The Morgan fingerprint density at radius 1 is 0.733 bits per heavy atom. The number of hydrogen-bond donors (Lipinski definition) is 0. The lowest BCUT2D eigenvalue weighted by molar-refractivity contribution is 0.734. The Kier molecular flexibility index (Phi) is 14.1. The minimum absolute atomic E-state index is 0.477. The van der Waals surface area contributed by atoms with Crippen LogP contribution in [0.15, 0.2) is 150 Å². The van der Waals surface area contributed by atoms with Crippen LogP contribution in [0.3, 0.4) is 0 Å². The zero-order chi connectivity index (χ0) is 32.7. The van der Waals surface area contributed by atoms with Crippen molar-refractivity contribution in [2.75, 3.05) is 0 Å². The van der Waals surface area contributed by atoms with E-state index < -0.39 is 5.41 Å². The van der Waals surface area contributed by atoms with Gasteiger partial charge in [0, 0.05) is 11.1 Å². The number of nitrogens with zero attached hydrogens (tertiary/aromatic N) is 1. The van der Waals surface area contributed by atoms with Crippen LogP contribution in [0.1, 0.15) is 89.8 Å². The van der Waals surface area contributed by atoms with Crippen molar-refractivity contribution in [1.29, 1.82) is 0 Å². The molecule has 0 saturated heterocycles. The van der Waals surface area contributed by atoms with Crippen LogP contribution in [0.5, 0.6) is 0 Å². The van der Waals surface area contributed by atoms with Crippen molar-refractivity contribution in [3.63, 3.8) is 0 Å². The number of aromatic nitrogens is 1. The van der Waals surface area contributed by atoms with Gasteiger partial charge in [0.25, 0.3) is 0 Å². The van der Waals surface area contributed by atoms with Gasteiger partial charge >= 0.3 is 0 Å². The van der Waals surface area contributed by atoms with Crippen LogP contribution in [-0.2, 0) is 5.41 Å². The lowest BCUT2D eigenvalue weighted by atomic mass is 9.69. The first-order valence-electron chi connectivity index (χ1n) is 16.3. The van der Waals surface area contributed by atoms with Crippen molar-refractivity contribution in [3.8, 4) is 11.1 Å². The van der Waals surface area contributed by atoms with Crippen LogP contribution in [0.2, 0.25) is 0 Å². The molecule has 5 rings (SSSR count). The molecule has 4 aromatic rings. The highest BCUT2D eigenvalue weighted by molar-refractivity contribution is 8.06. The normalized spacial score (nSPS) is 15.2. The summed E-state index contributed by atoms with van der Waals surface area (Å²) in [4.78, 5) is 6.26. The molecular weight excluding hydrogens is 563 g/mol. The molecule has 232 valence electrons. The minimum atomic E-state index is -0.477. The number of pyridine rings is 1. The molecule has 0 amide bonds. The molecule has 2 heteroatoms. The van der Waals surface area contributed by atoms with E-state index >= 15 is 0 Å². The maximum absolute atomic E-state index is 4.96. The molecule has 1 heterocycles. The third kappa shape index (κ3) is 7.93. The number of hydrogen-bond acceptors (Lipinski definition) is 2. The smallest absolute Gasteiger partial charge is 0.0886 e. The second-order valence-corrected chi connectivity index (χ2v) is 11.4. The largest absolute Gasteiger partial charge is 0.260 e. The molecule has 0 N–H and O–H groups in total. The molecule has 1 nitrogen and oxygen atoms in total. The number of allylic oxidation sites excluding steroid dienone is 8. The highest BCUT2D eigenvalue weighted by Crippen LogP contribution is 2.55. The molecule has 0 saturated carbocycles. The zero-order valence-corrected chi connectivity index (χ0v) is 29.2. The summed E-state index contributed by atoms with van der Waals surface area (Å²) in [7, 11) is 0. The summed E-state index contributed by atoms with van der Waals surface area (Å²) in [6.45, 7) is 16.7. The van der Waals surface area contributed by atoms with Crippen LogP contribution < -0.4 is 0 Å². The van der Waals surface area contributed by atoms with E-state index in [0.717, 1.165) is 12.1 Å². The third-order valence-corrected chi connectivity index (χ3v) is 8.69. The maximum Gasteiger partial charge on any atom is 0.0886 e. The van der Waals surface area contributed by atoms with Crippen LogP contribution >= 0.6 is 11.8 Å². The van der Waals surface area contributed by atoms with E-state index in [4.69, 9.17) is 4.98 Å². The Labute approximate surface area is 277 Å². The molecule has 0 aliphatic heterocycles. The van der Waals surface area contributed by atoms with Gasteiger partial charge in [0.15, 0.2) is 0 Å². The van der Waals surface area contributed by atoms with Gasteiger partial charge in [-0.3, -0.25) is 4.98 Å². The fourth-order valence-corrected chi connectivity index (χ4v) is 6.33. The monoisotopic (exact) mass is 611 g/mol. The van der Waals surface area contributed by atoms with Gasteiger partial charge in [0.05, 0.1) is 11.1 Å². The van der Waals surface area contributed by atoms with Gasteiger partial charge in [-0.05, 0) is 89.8 Å². The van der Waals surface area contributed by atoms with Crippen molar-refractivity contribution in [2.45, 2.75) is 67.2 Å². The average Bonchev–Trinajstić information content (AvgIpc) is 3.40. The Morgan fingerprint density at radius 2 is 1.42 bits per heavy atom. The number of fused-ring (bicyclic) bond motifs is 3. The van der Waals surface area contributed by atoms with E-state index in [9.17, 15) is 0 Å². The molecule has 1 aromatic heterocycles. The van der Waals surface area contributed by atoms with Gasteiger partial charge in [-0.15, -0.1) is 0 Å². The molecule has 1 unspecified atom stereocenters. The topological polar surface area (TPSA) is 12.9 Å². The van der Waals surface area contributed by atoms with Crippen LogP contribution in [0, 0.1) is 0 Å². The second kappa shape index (κ2) is 18.0. The molecule has 1 aliphatic rings. The first kappa shape index (κ1) is 35.3. The molecule has 0 spiro atoms. The third-order valence-electron chi connectivity index (χ3n) is 7.60. The molecule has 0 fully saturated rings. The lowest BCUT2D eigenvalue weighted by Gasteiger charge is -2.32. The fraction of sp³-hybridized carbons (Fsp3) is 0.233. The first-order valence-corrected chi connectivity index (χ1v) is 17.2. The van der Waals surface area contributed by atoms with Gasteiger partial charge in [0.1, 0.15) is 0 Å². The Balaban J connectivity index is 0.00000133. The molecule has 3 aromatic carbocycles. The molecular formula is C43H49NS. The van der Waals surface area contributed by atoms with E-state index in [2.05, 4.69) is 154 Å². The number of rotatable bonds is 9. The quantitative estimate of drug-likeness (QED) is 0.154. The highest BCUT2D eigenvalue weighted by atomic mass is 32.2. The maximum atomic E-state index is 4.96. The molecule has 0 bridgehead atoms. The van der Waals surface area contributed by atoms with E-state index in [1.165, 1.54) is 49.4 Å². The molecule has 1 atom stereocenters. The zero-order valence-electron chi connectivity index (χ0n) is 28.3. The Morgan fingerprint density at radius 3 is 2.11 bits per heavy atom. The van der Waals surface area contributed by atoms with Crippen LogP contribution in [0.25, 0.3) is 16.7 Å². The Hall–Kier alpha value is -4.14. The van der Waals surface area contributed by atoms with Crippen molar-refractivity contribution in [2.24, 2.45) is 0 Å². The van der Waals surface area contributed by atoms with Crippen molar-refractivity contribution < 1.29 is 0 Å². The standard InChI is InChI=1S/C39H37NS.2C2H6/c1-5-6-22-37(29(2)3)41-27-16-8-9-17-30(4)31-24-25-34-33-20-12-13-21-35(33)39(36(34)28-31,32-18-10-7-11-19-32)38-23-14-15-26-40-38;2*1-2/h6-28H,5H2,1-4H3;2*1-2H3/b9-8-,22-6-,27-16+,30-17+;;. The first-order chi connectivity index (χ1) is 22.1. The summed E-state index contributed by atoms with van der Waals surface area (Å²) in [6, 6.07) is 32.8. The fourth-order valence-electron chi connectivity index (χ4n) is 5.60. The summed E-state index contributed by atoms with van der Waals surface area (Å²) in [5, 5.41) is 2.15. The Bertz CT molecular complexity index is 1610. The van der Waals surface area contributed by atoms with Crippen molar-refractivity contribution >= 4 is 17.3 Å². The predicted molar refractivity (Wildman–Crippen MR) is 202 cm³/mol. The highest BCUT2D eigenvalue weighted by Gasteiger charge is 2.47. The lowest BCUT2D eigenvalue weighted by Crippen LogP contribution is -2.29. The summed E-state index contributed by atoms with van der Waals surface area (Å²) < 4.78 is 0. The second-order valence-electron chi connectivity index (χ2n) is 10.5. The number of thioether (sulfide) groups is 1. The SMILES string of the molecule is CC.CC.CC/C=C\C(S/C=C/C=C\C=C(/C)c1ccc2c(c1)C(c1ccccc1)(c1ccccn1)c1ccccc1-2)=C(C)C. The van der Waals surface area contributed by atoms with Gasteiger partial charge in [0.2, 0.25) is 0 Å². The molecule has 45 heavy (non-hydrogen) atoms. The van der Waals surface area contributed by atoms with E-state index in [0.29, 0.717) is 0 Å². The van der Waals surface area contributed by atoms with Gasteiger partial charge < -0.3 is 0 Å². The van der Waals surface area contributed by atoms with Gasteiger partial charge in [-0.2, -0.15) is 0 Å². The average molecular weight is 612 g/mol. The van der Waals surface area contributed by atoms with Crippen LogP contribution in [0.4, 0.5) is 0 Å². The predicted octanol–water partition coefficient (Wildman–Crippen LogP) is 13.0. The summed E-state index contributed by atoms with van der Waals surface area (Å²) in [6.07, 6.45) is 15.9. The van der Waals surface area contributed by atoms with Crippen LogP contribution in [-0.4, -0.2) is 4.98 Å². The summed E-state index contributed by atoms with van der Waals surface area (Å²) >= 11 is 1.76. The van der Waals surface area contributed by atoms with Crippen molar-refractivity contribution in [3.05, 3.63) is 177 Å². The van der Waals surface area contributed by atoms with E-state index in [1.54, 1.807) is 11.8 Å². The summed E-state index contributed by atoms with van der Waals surface area (Å²) in [5.41, 5.74) is 10.7. The van der Waals surface area contributed by atoms with Gasteiger partial charge in [-0.25, -0.2) is 0 Å². The number of benzene rings is 3.